The molecule has 1 aromatic carbocycles. The van der Waals surface area contributed by atoms with E-state index in [-0.39, 0.29) is 28.3 Å². The number of nitrogen functional groups attached to an aromatic ring is 1. The van der Waals surface area contributed by atoms with Crippen molar-refractivity contribution in [2.24, 2.45) is 0 Å². The standard InChI is InChI=1S/C9H7F2NO4/c1-3-6(8(13)14)4(12)2-5-7(3)16-9(10,11)15-5/h2H,12H2,1H3,(H,13,14). The van der Waals surface area contributed by atoms with E-state index in [9.17, 15) is 13.6 Å². The molecule has 0 spiro atoms. The molecule has 0 unspecified atom stereocenters. The number of nitrogens with two attached hydrogens (primary N) is 1. The third-order valence-corrected chi connectivity index (χ3v) is 2.18. The first kappa shape index (κ1) is 10.5. The van der Waals surface area contributed by atoms with Crippen molar-refractivity contribution in [3.05, 3.63) is 17.2 Å². The summed E-state index contributed by atoms with van der Waals surface area (Å²) >= 11 is 0. The van der Waals surface area contributed by atoms with E-state index >= 15 is 0 Å². The molecule has 3 N–H and O–H groups in total. The molecule has 2 rings (SSSR count). The summed E-state index contributed by atoms with van der Waals surface area (Å²) in [7, 11) is 0. The van der Waals surface area contributed by atoms with Gasteiger partial charge in [-0.2, -0.15) is 0 Å². The number of halogens is 2. The van der Waals surface area contributed by atoms with E-state index in [1.165, 1.54) is 6.92 Å². The van der Waals surface area contributed by atoms with Crippen molar-refractivity contribution < 1.29 is 28.2 Å². The minimum absolute atomic E-state index is 0.0136. The number of alkyl halides is 2. The molecule has 1 aromatic rings. The maximum absolute atomic E-state index is 12.7. The first-order valence-corrected chi connectivity index (χ1v) is 4.24. The van der Waals surface area contributed by atoms with Crippen molar-refractivity contribution >= 4 is 11.7 Å². The predicted octanol–water partition coefficient (Wildman–Crippen LogP) is 1.60. The summed E-state index contributed by atoms with van der Waals surface area (Å²) < 4.78 is 33.9. The second-order valence-corrected chi connectivity index (χ2v) is 3.27. The molecule has 0 bridgehead atoms. The van der Waals surface area contributed by atoms with E-state index < -0.39 is 12.3 Å². The SMILES string of the molecule is Cc1c2c(cc(N)c1C(=O)O)OC(F)(F)O2. The van der Waals surface area contributed by atoms with Crippen molar-refractivity contribution in [3.63, 3.8) is 0 Å². The molecular formula is C9H7F2NO4. The Morgan fingerprint density at radius 1 is 1.50 bits per heavy atom. The second kappa shape index (κ2) is 2.97. The number of hydrogen-bond acceptors (Lipinski definition) is 4. The molecule has 0 saturated carbocycles. The van der Waals surface area contributed by atoms with Gasteiger partial charge >= 0.3 is 12.3 Å². The molecule has 16 heavy (non-hydrogen) atoms. The van der Waals surface area contributed by atoms with E-state index in [2.05, 4.69) is 9.47 Å². The number of rotatable bonds is 1. The van der Waals surface area contributed by atoms with Gasteiger partial charge in [-0.1, -0.05) is 0 Å². The quantitative estimate of drug-likeness (QED) is 0.717. The molecule has 0 amide bonds. The zero-order valence-corrected chi connectivity index (χ0v) is 8.08. The lowest BCUT2D eigenvalue weighted by molar-refractivity contribution is -0.286. The van der Waals surface area contributed by atoms with Gasteiger partial charge in [0, 0.05) is 11.6 Å². The zero-order valence-electron chi connectivity index (χ0n) is 8.08. The van der Waals surface area contributed by atoms with Gasteiger partial charge in [-0.05, 0) is 6.92 Å². The van der Waals surface area contributed by atoms with Gasteiger partial charge in [-0.15, -0.1) is 8.78 Å². The minimum Gasteiger partial charge on any atom is -0.478 e. The fraction of sp³-hybridized carbons (Fsp3) is 0.222. The van der Waals surface area contributed by atoms with Crippen LogP contribution in [-0.2, 0) is 0 Å². The molecule has 1 aliphatic heterocycles. The van der Waals surface area contributed by atoms with Crippen LogP contribution < -0.4 is 15.2 Å². The Balaban J connectivity index is 2.63. The molecular weight excluding hydrogens is 224 g/mol. The average molecular weight is 231 g/mol. The molecule has 1 aliphatic rings. The fourth-order valence-electron chi connectivity index (χ4n) is 1.55. The number of carbonyl (C=O) groups is 1. The van der Waals surface area contributed by atoms with E-state index in [0.717, 1.165) is 6.07 Å². The molecule has 5 nitrogen and oxygen atoms in total. The second-order valence-electron chi connectivity index (χ2n) is 3.27. The van der Waals surface area contributed by atoms with Crippen LogP contribution in [0, 0.1) is 6.92 Å². The number of carboxylic acids is 1. The Bertz CT molecular complexity index is 487. The van der Waals surface area contributed by atoms with Gasteiger partial charge in [0.05, 0.1) is 11.3 Å². The van der Waals surface area contributed by atoms with Crippen molar-refractivity contribution in [3.8, 4) is 11.5 Å². The Morgan fingerprint density at radius 3 is 2.69 bits per heavy atom. The topological polar surface area (TPSA) is 81.8 Å². The summed E-state index contributed by atoms with van der Waals surface area (Å²) in [6.07, 6.45) is -3.78. The van der Waals surface area contributed by atoms with Crippen molar-refractivity contribution in [1.29, 1.82) is 0 Å². The van der Waals surface area contributed by atoms with Crippen LogP contribution in [0.3, 0.4) is 0 Å². The first-order valence-electron chi connectivity index (χ1n) is 4.24. The third-order valence-electron chi connectivity index (χ3n) is 2.18. The number of fused-ring (bicyclic) bond motifs is 1. The number of anilines is 1. The van der Waals surface area contributed by atoms with Gasteiger partial charge < -0.3 is 20.3 Å². The lowest BCUT2D eigenvalue weighted by Gasteiger charge is -2.07. The highest BCUT2D eigenvalue weighted by Crippen LogP contribution is 2.46. The Morgan fingerprint density at radius 2 is 2.12 bits per heavy atom. The van der Waals surface area contributed by atoms with Gasteiger partial charge in [0.25, 0.3) is 0 Å². The third kappa shape index (κ3) is 1.40. The number of ether oxygens (including phenoxy) is 2. The molecule has 0 saturated heterocycles. The number of benzene rings is 1. The largest absolute Gasteiger partial charge is 0.586 e. The predicted molar refractivity (Wildman–Crippen MR) is 48.8 cm³/mol. The van der Waals surface area contributed by atoms with Gasteiger partial charge in [0.15, 0.2) is 11.5 Å². The lowest BCUT2D eigenvalue weighted by Crippen LogP contribution is -2.26. The monoisotopic (exact) mass is 231 g/mol. The van der Waals surface area contributed by atoms with Crippen molar-refractivity contribution in [2.75, 3.05) is 5.73 Å². The van der Waals surface area contributed by atoms with Crippen LogP contribution in [0.1, 0.15) is 15.9 Å². The van der Waals surface area contributed by atoms with Crippen LogP contribution in [0.2, 0.25) is 0 Å². The van der Waals surface area contributed by atoms with Gasteiger partial charge in [-0.3, -0.25) is 0 Å². The molecule has 7 heteroatoms. The number of hydrogen-bond donors (Lipinski definition) is 2. The van der Waals surface area contributed by atoms with E-state index in [1.807, 2.05) is 0 Å². The van der Waals surface area contributed by atoms with Gasteiger partial charge in [0.1, 0.15) is 0 Å². The summed E-state index contributed by atoms with van der Waals surface area (Å²) in [5.74, 6) is -1.86. The van der Waals surface area contributed by atoms with Crippen molar-refractivity contribution in [1.82, 2.24) is 0 Å². The van der Waals surface area contributed by atoms with Crippen LogP contribution in [0.25, 0.3) is 0 Å². The maximum atomic E-state index is 12.7. The molecule has 0 radical (unpaired) electrons. The number of carboxylic acid groups (broad SMARTS) is 1. The summed E-state index contributed by atoms with van der Waals surface area (Å²) in [5.41, 5.74) is 5.02. The van der Waals surface area contributed by atoms with E-state index in [1.54, 1.807) is 0 Å². The Labute approximate surface area is 88.4 Å². The highest BCUT2D eigenvalue weighted by atomic mass is 19.3. The molecule has 1 heterocycles. The minimum atomic E-state index is -3.78. The van der Waals surface area contributed by atoms with Gasteiger partial charge in [-0.25, -0.2) is 4.79 Å². The molecule has 0 aliphatic carbocycles. The molecule has 0 fully saturated rings. The average Bonchev–Trinajstić information content (AvgIpc) is 2.39. The van der Waals surface area contributed by atoms with E-state index in [4.69, 9.17) is 10.8 Å². The number of aromatic carboxylic acids is 1. The van der Waals surface area contributed by atoms with Crippen molar-refractivity contribution in [2.45, 2.75) is 13.2 Å². The van der Waals surface area contributed by atoms with Gasteiger partial charge in [0.2, 0.25) is 0 Å². The molecule has 0 aromatic heterocycles. The summed E-state index contributed by atoms with van der Waals surface area (Å²) in [6.45, 7) is 1.32. The van der Waals surface area contributed by atoms with Crippen LogP contribution in [0.15, 0.2) is 6.07 Å². The van der Waals surface area contributed by atoms with Crippen LogP contribution >= 0.6 is 0 Å². The Hall–Kier alpha value is -2.05. The highest BCUT2D eigenvalue weighted by molar-refractivity contribution is 5.97. The maximum Gasteiger partial charge on any atom is 0.586 e. The summed E-state index contributed by atoms with van der Waals surface area (Å²) in [5, 5.41) is 8.84. The summed E-state index contributed by atoms with van der Waals surface area (Å²) in [6, 6.07) is 1.01. The molecule has 86 valence electrons. The first-order chi connectivity index (χ1) is 7.32. The van der Waals surface area contributed by atoms with E-state index in [0.29, 0.717) is 0 Å². The van der Waals surface area contributed by atoms with Crippen LogP contribution in [0.4, 0.5) is 14.5 Å². The normalized spacial score (nSPS) is 16.2. The fourth-order valence-corrected chi connectivity index (χ4v) is 1.55. The smallest absolute Gasteiger partial charge is 0.478 e. The van der Waals surface area contributed by atoms with Crippen LogP contribution in [-0.4, -0.2) is 17.4 Å². The lowest BCUT2D eigenvalue weighted by atomic mass is 10.1. The Kier molecular flexibility index (Phi) is 1.94. The zero-order chi connectivity index (χ0) is 12.1. The molecule has 0 atom stereocenters. The summed E-state index contributed by atoms with van der Waals surface area (Å²) in [4.78, 5) is 10.8. The highest BCUT2D eigenvalue weighted by Gasteiger charge is 2.45. The van der Waals surface area contributed by atoms with Crippen LogP contribution in [0.5, 0.6) is 11.5 Å².